The standard InChI is InChI=1S/C21H23NO5/c1-14-12-17(6-7-19(14)27-18-8-10-26-11-9-18)22-20(23)13-15-2-4-16(5-3-15)21(24)25/h2-7,12,18H,8-11,13H2,1H3,(H,22,23)(H,24,25). The molecular weight excluding hydrogens is 346 g/mol. The fourth-order valence-corrected chi connectivity index (χ4v) is 2.99. The first kappa shape index (κ1) is 18.9. The summed E-state index contributed by atoms with van der Waals surface area (Å²) in [6, 6.07) is 11.9. The second-order valence-electron chi connectivity index (χ2n) is 6.64. The van der Waals surface area contributed by atoms with E-state index in [2.05, 4.69) is 5.32 Å². The molecule has 0 spiro atoms. The smallest absolute Gasteiger partial charge is 0.335 e. The number of anilines is 1. The van der Waals surface area contributed by atoms with E-state index in [1.807, 2.05) is 25.1 Å². The molecule has 2 aromatic carbocycles. The first-order chi connectivity index (χ1) is 13.0. The second-order valence-corrected chi connectivity index (χ2v) is 6.64. The molecule has 142 valence electrons. The van der Waals surface area contributed by atoms with Crippen LogP contribution in [0.5, 0.6) is 5.75 Å². The number of rotatable bonds is 6. The van der Waals surface area contributed by atoms with Crippen molar-refractivity contribution in [3.8, 4) is 5.75 Å². The van der Waals surface area contributed by atoms with Crippen molar-refractivity contribution < 1.29 is 24.2 Å². The van der Waals surface area contributed by atoms with Crippen molar-refractivity contribution in [2.24, 2.45) is 0 Å². The predicted molar refractivity (Wildman–Crippen MR) is 101 cm³/mol. The molecule has 1 amide bonds. The zero-order valence-corrected chi connectivity index (χ0v) is 15.2. The van der Waals surface area contributed by atoms with Gasteiger partial charge in [0.25, 0.3) is 0 Å². The maximum Gasteiger partial charge on any atom is 0.335 e. The van der Waals surface area contributed by atoms with Gasteiger partial charge in [0.2, 0.25) is 5.91 Å². The topological polar surface area (TPSA) is 84.9 Å². The Hall–Kier alpha value is -2.86. The largest absolute Gasteiger partial charge is 0.490 e. The normalized spacial score (nSPS) is 14.6. The Labute approximate surface area is 158 Å². The Balaban J connectivity index is 1.57. The maximum absolute atomic E-state index is 12.2. The molecule has 6 nitrogen and oxygen atoms in total. The van der Waals surface area contributed by atoms with Gasteiger partial charge in [0.15, 0.2) is 0 Å². The number of carbonyl (C=O) groups is 2. The van der Waals surface area contributed by atoms with E-state index in [1.54, 1.807) is 12.1 Å². The van der Waals surface area contributed by atoms with Crippen molar-refractivity contribution in [3.05, 3.63) is 59.2 Å². The molecule has 0 radical (unpaired) electrons. The zero-order valence-electron chi connectivity index (χ0n) is 15.2. The fraction of sp³-hybridized carbons (Fsp3) is 0.333. The van der Waals surface area contributed by atoms with Crippen LogP contribution in [0.25, 0.3) is 0 Å². The first-order valence-electron chi connectivity index (χ1n) is 8.98. The number of aromatic carboxylic acids is 1. The average molecular weight is 369 g/mol. The number of carbonyl (C=O) groups excluding carboxylic acids is 1. The van der Waals surface area contributed by atoms with Crippen LogP contribution in [-0.2, 0) is 16.0 Å². The molecule has 6 heteroatoms. The highest BCUT2D eigenvalue weighted by Crippen LogP contribution is 2.25. The van der Waals surface area contributed by atoms with Gasteiger partial charge in [-0.2, -0.15) is 0 Å². The van der Waals surface area contributed by atoms with E-state index in [0.29, 0.717) is 5.69 Å². The number of benzene rings is 2. The van der Waals surface area contributed by atoms with Crippen molar-refractivity contribution in [1.82, 2.24) is 0 Å². The quantitative estimate of drug-likeness (QED) is 0.815. The van der Waals surface area contributed by atoms with Crippen LogP contribution >= 0.6 is 0 Å². The third-order valence-electron chi connectivity index (χ3n) is 4.49. The summed E-state index contributed by atoms with van der Waals surface area (Å²) < 4.78 is 11.4. The number of nitrogens with one attached hydrogen (secondary N) is 1. The lowest BCUT2D eigenvalue weighted by Crippen LogP contribution is -2.26. The zero-order chi connectivity index (χ0) is 19.2. The SMILES string of the molecule is Cc1cc(NC(=O)Cc2ccc(C(=O)O)cc2)ccc1OC1CCOCC1. The van der Waals surface area contributed by atoms with Crippen molar-refractivity contribution in [1.29, 1.82) is 0 Å². The van der Waals surface area contributed by atoms with Crippen molar-refractivity contribution in [2.45, 2.75) is 32.3 Å². The highest BCUT2D eigenvalue weighted by atomic mass is 16.5. The number of aryl methyl sites for hydroxylation is 1. The van der Waals surface area contributed by atoms with Crippen molar-refractivity contribution in [2.75, 3.05) is 18.5 Å². The summed E-state index contributed by atoms with van der Waals surface area (Å²) in [6.45, 7) is 3.41. The van der Waals surface area contributed by atoms with Gasteiger partial charge in [0.05, 0.1) is 25.2 Å². The molecule has 2 N–H and O–H groups in total. The molecule has 0 aromatic heterocycles. The molecule has 0 unspecified atom stereocenters. The first-order valence-corrected chi connectivity index (χ1v) is 8.98. The van der Waals surface area contributed by atoms with Crippen LogP contribution in [0.2, 0.25) is 0 Å². The maximum atomic E-state index is 12.2. The summed E-state index contributed by atoms with van der Waals surface area (Å²) in [7, 11) is 0. The van der Waals surface area contributed by atoms with Crippen LogP contribution < -0.4 is 10.1 Å². The lowest BCUT2D eigenvalue weighted by Gasteiger charge is -2.24. The van der Waals surface area contributed by atoms with Gasteiger partial charge < -0.3 is 19.9 Å². The highest BCUT2D eigenvalue weighted by molar-refractivity contribution is 5.93. The summed E-state index contributed by atoms with van der Waals surface area (Å²) >= 11 is 0. The number of hydrogen-bond acceptors (Lipinski definition) is 4. The second kappa shape index (κ2) is 8.68. The van der Waals surface area contributed by atoms with Gasteiger partial charge in [-0.25, -0.2) is 4.79 Å². The van der Waals surface area contributed by atoms with Crippen molar-refractivity contribution >= 4 is 17.6 Å². The summed E-state index contributed by atoms with van der Waals surface area (Å²) in [4.78, 5) is 23.1. The monoisotopic (exact) mass is 369 g/mol. The molecule has 0 saturated carbocycles. The van der Waals surface area contributed by atoms with Crippen LogP contribution in [-0.4, -0.2) is 36.3 Å². The molecule has 1 heterocycles. The van der Waals surface area contributed by atoms with Crippen molar-refractivity contribution in [3.63, 3.8) is 0 Å². The molecule has 27 heavy (non-hydrogen) atoms. The molecule has 2 aromatic rings. The molecule has 0 atom stereocenters. The summed E-state index contributed by atoms with van der Waals surface area (Å²) in [6.07, 6.45) is 2.13. The van der Waals surface area contributed by atoms with E-state index < -0.39 is 5.97 Å². The van der Waals surface area contributed by atoms with E-state index in [-0.39, 0.29) is 24.0 Å². The van der Waals surface area contributed by atoms with Gasteiger partial charge in [-0.3, -0.25) is 4.79 Å². The molecule has 1 aliphatic rings. The summed E-state index contributed by atoms with van der Waals surface area (Å²) in [5.41, 5.74) is 2.63. The average Bonchev–Trinajstić information content (AvgIpc) is 2.65. The van der Waals surface area contributed by atoms with E-state index in [9.17, 15) is 9.59 Å². The van der Waals surface area contributed by atoms with Crippen LogP contribution in [0.15, 0.2) is 42.5 Å². The van der Waals surface area contributed by atoms with Gasteiger partial charge in [-0.05, 0) is 48.4 Å². The molecule has 0 bridgehead atoms. The highest BCUT2D eigenvalue weighted by Gasteiger charge is 2.16. The minimum Gasteiger partial charge on any atom is -0.490 e. The molecule has 1 aliphatic heterocycles. The minimum atomic E-state index is -0.982. The molecule has 0 aliphatic carbocycles. The Morgan fingerprint density at radius 3 is 2.48 bits per heavy atom. The Morgan fingerprint density at radius 1 is 1.15 bits per heavy atom. The number of carboxylic acid groups (broad SMARTS) is 1. The van der Waals surface area contributed by atoms with Gasteiger partial charge in [-0.15, -0.1) is 0 Å². The van der Waals surface area contributed by atoms with Gasteiger partial charge in [0.1, 0.15) is 11.9 Å². The van der Waals surface area contributed by atoms with Crippen LogP contribution in [0.3, 0.4) is 0 Å². The van der Waals surface area contributed by atoms with Crippen LogP contribution in [0.4, 0.5) is 5.69 Å². The third kappa shape index (κ3) is 5.31. The Morgan fingerprint density at radius 2 is 1.85 bits per heavy atom. The number of ether oxygens (including phenoxy) is 2. The molecule has 1 fully saturated rings. The Bertz CT molecular complexity index is 810. The number of amides is 1. The fourth-order valence-electron chi connectivity index (χ4n) is 2.99. The van der Waals surface area contributed by atoms with Crippen LogP contribution in [0, 0.1) is 6.92 Å². The van der Waals surface area contributed by atoms with E-state index >= 15 is 0 Å². The summed E-state index contributed by atoms with van der Waals surface area (Å²) in [5.74, 6) is -0.315. The van der Waals surface area contributed by atoms with Gasteiger partial charge in [-0.1, -0.05) is 12.1 Å². The lowest BCUT2D eigenvalue weighted by atomic mass is 10.1. The van der Waals surface area contributed by atoms with E-state index in [1.165, 1.54) is 12.1 Å². The predicted octanol–water partition coefficient (Wildman–Crippen LogP) is 3.43. The lowest BCUT2D eigenvalue weighted by molar-refractivity contribution is -0.115. The Kier molecular flexibility index (Phi) is 6.08. The van der Waals surface area contributed by atoms with Gasteiger partial charge >= 0.3 is 5.97 Å². The third-order valence-corrected chi connectivity index (χ3v) is 4.49. The van der Waals surface area contributed by atoms with Gasteiger partial charge in [0, 0.05) is 18.5 Å². The number of carboxylic acids is 1. The van der Waals surface area contributed by atoms with E-state index in [4.69, 9.17) is 14.6 Å². The summed E-state index contributed by atoms with van der Waals surface area (Å²) in [5, 5.41) is 11.8. The molecule has 3 rings (SSSR count). The van der Waals surface area contributed by atoms with Crippen LogP contribution in [0.1, 0.15) is 34.3 Å². The minimum absolute atomic E-state index is 0.157. The van der Waals surface area contributed by atoms with E-state index in [0.717, 1.165) is 42.9 Å². The number of hydrogen-bond donors (Lipinski definition) is 2. The molecule has 1 saturated heterocycles. The molecular formula is C21H23NO5.